The Morgan fingerprint density at radius 2 is 1.89 bits per heavy atom. The number of thiophene rings is 1. The quantitative estimate of drug-likeness (QED) is 0.473. The molecular weight excluding hydrogens is 480 g/mol. The number of methoxy groups -OCH3 is 1. The van der Waals surface area contributed by atoms with Crippen molar-refractivity contribution in [2.75, 3.05) is 19.0 Å². The molecule has 0 saturated carbocycles. The van der Waals surface area contributed by atoms with E-state index in [2.05, 4.69) is 12.2 Å². The predicted octanol–water partition coefficient (Wildman–Crippen LogP) is 3.44. The molecule has 1 aliphatic heterocycles. The summed E-state index contributed by atoms with van der Waals surface area (Å²) < 4.78 is 8.12. The Balaban J connectivity index is 1.48. The number of fused-ring (bicyclic) bond motifs is 1. The van der Waals surface area contributed by atoms with Crippen LogP contribution in [0.4, 0.5) is 5.69 Å². The molecule has 36 heavy (non-hydrogen) atoms. The van der Waals surface area contributed by atoms with E-state index in [1.165, 1.54) is 15.9 Å². The van der Waals surface area contributed by atoms with Crippen LogP contribution in [0.1, 0.15) is 45.4 Å². The molecule has 1 aromatic carbocycles. The van der Waals surface area contributed by atoms with Gasteiger partial charge in [0, 0.05) is 31.2 Å². The summed E-state index contributed by atoms with van der Waals surface area (Å²) in [5, 5.41) is 4.56. The molecule has 2 aromatic heterocycles. The molecule has 1 N–H and O–H groups in total. The molecule has 1 saturated heterocycles. The third-order valence-electron chi connectivity index (χ3n) is 6.71. The lowest BCUT2D eigenvalue weighted by Crippen LogP contribution is -2.47. The van der Waals surface area contributed by atoms with Gasteiger partial charge in [-0.1, -0.05) is 6.92 Å². The number of nitrogens with one attached hydrogen (secondary N) is 1. The highest BCUT2D eigenvalue weighted by Crippen LogP contribution is 2.21. The summed E-state index contributed by atoms with van der Waals surface area (Å²) in [6.45, 7) is 2.77. The zero-order valence-corrected chi connectivity index (χ0v) is 21.5. The van der Waals surface area contributed by atoms with Gasteiger partial charge in [-0.3, -0.25) is 23.5 Å². The van der Waals surface area contributed by atoms with Gasteiger partial charge in [0.05, 0.1) is 12.6 Å². The Labute approximate surface area is 213 Å². The molecule has 9 nitrogen and oxygen atoms in total. The van der Waals surface area contributed by atoms with Crippen LogP contribution >= 0.6 is 11.3 Å². The number of hydrogen-bond donors (Lipinski definition) is 1. The van der Waals surface area contributed by atoms with Crippen molar-refractivity contribution in [2.24, 2.45) is 0 Å². The van der Waals surface area contributed by atoms with E-state index in [4.69, 9.17) is 4.74 Å². The van der Waals surface area contributed by atoms with Gasteiger partial charge < -0.3 is 15.0 Å². The number of nitrogens with zero attached hydrogens (tertiary/aromatic N) is 3. The lowest BCUT2D eigenvalue weighted by Gasteiger charge is -2.35. The van der Waals surface area contributed by atoms with Crippen LogP contribution in [0.25, 0.3) is 10.2 Å². The Morgan fingerprint density at radius 3 is 2.61 bits per heavy atom. The topological polar surface area (TPSA) is 103 Å². The molecule has 0 unspecified atom stereocenters. The van der Waals surface area contributed by atoms with E-state index in [9.17, 15) is 19.2 Å². The van der Waals surface area contributed by atoms with Gasteiger partial charge in [-0.2, -0.15) is 0 Å². The number of anilines is 1. The Morgan fingerprint density at radius 1 is 1.11 bits per heavy atom. The minimum atomic E-state index is -0.514. The molecule has 0 radical (unpaired) electrons. The second kappa shape index (κ2) is 11.6. The molecule has 1 atom stereocenters. The summed E-state index contributed by atoms with van der Waals surface area (Å²) in [7, 11) is 1.57. The monoisotopic (exact) mass is 512 g/mol. The minimum Gasteiger partial charge on any atom is -0.497 e. The molecule has 192 valence electrons. The predicted molar refractivity (Wildman–Crippen MR) is 141 cm³/mol. The van der Waals surface area contributed by atoms with Gasteiger partial charge in [-0.05, 0) is 67.8 Å². The molecule has 0 spiro atoms. The number of aromatic nitrogens is 2. The molecule has 4 rings (SSSR count). The number of carbonyl (C=O) groups excluding carboxylic acids is 2. The lowest BCUT2D eigenvalue weighted by molar-refractivity contribution is -0.135. The summed E-state index contributed by atoms with van der Waals surface area (Å²) in [5.41, 5.74) is 0.234. The number of hydrogen-bond acceptors (Lipinski definition) is 6. The molecule has 1 fully saturated rings. The van der Waals surface area contributed by atoms with Crippen LogP contribution in [-0.4, -0.2) is 45.5 Å². The molecule has 10 heteroatoms. The van der Waals surface area contributed by atoms with Gasteiger partial charge in [0.1, 0.15) is 17.0 Å². The van der Waals surface area contributed by atoms with Crippen molar-refractivity contribution in [1.29, 1.82) is 0 Å². The van der Waals surface area contributed by atoms with Crippen molar-refractivity contribution in [1.82, 2.24) is 14.0 Å². The highest BCUT2D eigenvalue weighted by Gasteiger charge is 2.26. The summed E-state index contributed by atoms with van der Waals surface area (Å²) >= 11 is 1.26. The van der Waals surface area contributed by atoms with E-state index in [0.29, 0.717) is 34.6 Å². The zero-order valence-electron chi connectivity index (χ0n) is 20.7. The summed E-state index contributed by atoms with van der Waals surface area (Å²) in [6.07, 6.45) is 4.38. The number of piperidine rings is 1. The second-order valence-corrected chi connectivity index (χ2v) is 9.90. The van der Waals surface area contributed by atoms with Crippen LogP contribution in [0, 0.1) is 0 Å². The zero-order chi connectivity index (χ0) is 25.7. The van der Waals surface area contributed by atoms with Crippen molar-refractivity contribution in [3.63, 3.8) is 0 Å². The smallest absolute Gasteiger partial charge is 0.332 e. The first-order valence-electron chi connectivity index (χ1n) is 12.4. The van der Waals surface area contributed by atoms with Crippen LogP contribution in [0.5, 0.6) is 5.75 Å². The first-order valence-corrected chi connectivity index (χ1v) is 13.2. The summed E-state index contributed by atoms with van der Waals surface area (Å²) in [6, 6.07) is 8.90. The third-order valence-corrected chi connectivity index (χ3v) is 7.60. The van der Waals surface area contributed by atoms with Crippen LogP contribution in [-0.2, 0) is 22.7 Å². The van der Waals surface area contributed by atoms with Crippen LogP contribution < -0.4 is 21.3 Å². The number of ether oxygens (including phenoxy) is 1. The third kappa shape index (κ3) is 5.53. The van der Waals surface area contributed by atoms with E-state index in [-0.39, 0.29) is 42.9 Å². The van der Waals surface area contributed by atoms with E-state index in [1.807, 2.05) is 4.90 Å². The van der Waals surface area contributed by atoms with E-state index in [1.54, 1.807) is 42.8 Å². The SMILES string of the molecule is CC[C@@H]1CCCCN1C(=O)Cn1c(=O)n(CCCC(=O)Nc2ccc(OC)cc2)c(=O)c2sccc21. The number of amides is 2. The maximum Gasteiger partial charge on any atom is 0.332 e. The van der Waals surface area contributed by atoms with Crippen LogP contribution in [0.15, 0.2) is 45.3 Å². The van der Waals surface area contributed by atoms with E-state index in [0.717, 1.165) is 30.3 Å². The maximum atomic E-state index is 13.3. The van der Waals surface area contributed by atoms with Crippen LogP contribution in [0.3, 0.4) is 0 Å². The maximum absolute atomic E-state index is 13.3. The highest BCUT2D eigenvalue weighted by molar-refractivity contribution is 7.17. The van der Waals surface area contributed by atoms with Crippen molar-refractivity contribution >= 4 is 39.1 Å². The molecular formula is C26H32N4O5S. The first kappa shape index (κ1) is 25.7. The van der Waals surface area contributed by atoms with Crippen molar-refractivity contribution in [3.8, 4) is 5.75 Å². The van der Waals surface area contributed by atoms with Crippen molar-refractivity contribution in [2.45, 2.75) is 64.6 Å². The number of carbonyl (C=O) groups is 2. The van der Waals surface area contributed by atoms with Gasteiger partial charge >= 0.3 is 5.69 Å². The van der Waals surface area contributed by atoms with Crippen LogP contribution in [0.2, 0.25) is 0 Å². The number of benzene rings is 1. The molecule has 3 aromatic rings. The Bertz CT molecular complexity index is 1340. The summed E-state index contributed by atoms with van der Waals surface area (Å²) in [5.74, 6) is 0.383. The van der Waals surface area contributed by atoms with Gasteiger partial charge in [-0.25, -0.2) is 4.79 Å². The summed E-state index contributed by atoms with van der Waals surface area (Å²) in [4.78, 5) is 53.8. The molecule has 1 aliphatic rings. The number of likely N-dealkylation sites (tertiary alicyclic amines) is 1. The van der Waals surface area contributed by atoms with E-state index >= 15 is 0 Å². The first-order chi connectivity index (χ1) is 17.4. The average molecular weight is 513 g/mol. The average Bonchev–Trinajstić information content (AvgIpc) is 3.39. The van der Waals surface area contributed by atoms with Gasteiger partial charge in [0.2, 0.25) is 11.8 Å². The van der Waals surface area contributed by atoms with Crippen molar-refractivity contribution in [3.05, 3.63) is 56.5 Å². The van der Waals surface area contributed by atoms with Crippen molar-refractivity contribution < 1.29 is 14.3 Å². The standard InChI is InChI=1S/C26H32N4O5S/c1-3-19-7-4-5-14-28(19)23(32)17-30-21-13-16-36-24(21)25(33)29(26(30)34)15-6-8-22(31)27-18-9-11-20(35-2)12-10-18/h9-13,16,19H,3-8,14-15,17H2,1-2H3,(H,27,31)/t19-/m1/s1. The van der Waals surface area contributed by atoms with E-state index < -0.39 is 5.69 Å². The van der Waals surface area contributed by atoms with Gasteiger partial charge in [-0.15, -0.1) is 11.3 Å². The molecule has 3 heterocycles. The Kier molecular flexibility index (Phi) is 8.25. The number of rotatable bonds is 9. The molecule has 0 bridgehead atoms. The highest BCUT2D eigenvalue weighted by atomic mass is 32.1. The largest absolute Gasteiger partial charge is 0.497 e. The second-order valence-electron chi connectivity index (χ2n) is 8.99. The fourth-order valence-electron chi connectivity index (χ4n) is 4.76. The van der Waals surface area contributed by atoms with Gasteiger partial charge in [0.25, 0.3) is 5.56 Å². The lowest BCUT2D eigenvalue weighted by atomic mass is 10.00. The minimum absolute atomic E-state index is 0.0943. The van der Waals surface area contributed by atoms with Gasteiger partial charge in [0.15, 0.2) is 0 Å². The Hall–Kier alpha value is -3.40. The normalized spacial score (nSPS) is 15.7. The fourth-order valence-corrected chi connectivity index (χ4v) is 5.60. The fraction of sp³-hybridized carbons (Fsp3) is 0.462. The molecule has 0 aliphatic carbocycles. The molecule has 2 amide bonds.